The highest BCUT2D eigenvalue weighted by Gasteiger charge is 2.15. The highest BCUT2D eigenvalue weighted by atomic mass is 79.9. The van der Waals surface area contributed by atoms with Gasteiger partial charge in [-0.1, -0.05) is 88.7 Å². The van der Waals surface area contributed by atoms with Crippen LogP contribution in [0.15, 0.2) is 126 Å². The van der Waals surface area contributed by atoms with E-state index in [0.29, 0.717) is 0 Å². The second kappa shape index (κ2) is 8.04. The number of hydrogen-bond acceptors (Lipinski definition) is 1. The summed E-state index contributed by atoms with van der Waals surface area (Å²) in [6.07, 6.45) is 0. The van der Waals surface area contributed by atoms with Gasteiger partial charge in [0, 0.05) is 41.1 Å². The maximum Gasteiger partial charge on any atom is 0.0547 e. The quantitative estimate of drug-likeness (QED) is 0.200. The van der Waals surface area contributed by atoms with Crippen LogP contribution in [0.25, 0.3) is 69.6 Å². The van der Waals surface area contributed by atoms with E-state index < -0.39 is 0 Å². The first kappa shape index (κ1) is 21.2. The molecule has 6 aromatic carbocycles. The Labute approximate surface area is 226 Å². The number of rotatable bonds is 2. The SMILES string of the molecule is Brc1cccc(-c2ccc3c4ccccc4n(-c4ccc5sc6ccc7ccccc7c6c5c4)c3c2)c1. The summed E-state index contributed by atoms with van der Waals surface area (Å²) in [6.45, 7) is 0. The average molecular weight is 555 g/mol. The number of halogens is 1. The van der Waals surface area contributed by atoms with Crippen molar-refractivity contribution in [3.05, 3.63) is 126 Å². The van der Waals surface area contributed by atoms with E-state index in [2.05, 4.69) is 142 Å². The highest BCUT2D eigenvalue weighted by Crippen LogP contribution is 2.41. The number of aromatic nitrogens is 1. The van der Waals surface area contributed by atoms with Gasteiger partial charge in [0.2, 0.25) is 0 Å². The first-order chi connectivity index (χ1) is 18.2. The summed E-state index contributed by atoms with van der Waals surface area (Å²) in [4.78, 5) is 0. The molecule has 0 fully saturated rings. The van der Waals surface area contributed by atoms with E-state index in [1.54, 1.807) is 0 Å². The van der Waals surface area contributed by atoms with Crippen molar-refractivity contribution in [2.75, 3.05) is 0 Å². The van der Waals surface area contributed by atoms with Crippen LogP contribution in [0.2, 0.25) is 0 Å². The zero-order valence-corrected chi connectivity index (χ0v) is 22.2. The van der Waals surface area contributed by atoms with Crippen molar-refractivity contribution in [3.8, 4) is 16.8 Å². The second-order valence-electron chi connectivity index (χ2n) is 9.54. The molecule has 0 amide bonds. The zero-order chi connectivity index (χ0) is 24.5. The largest absolute Gasteiger partial charge is 0.309 e. The minimum Gasteiger partial charge on any atom is -0.309 e. The Bertz CT molecular complexity index is 2160. The van der Waals surface area contributed by atoms with Gasteiger partial charge < -0.3 is 4.57 Å². The highest BCUT2D eigenvalue weighted by molar-refractivity contribution is 9.10. The van der Waals surface area contributed by atoms with E-state index in [9.17, 15) is 0 Å². The topological polar surface area (TPSA) is 4.93 Å². The predicted molar refractivity (Wildman–Crippen MR) is 164 cm³/mol. The van der Waals surface area contributed by atoms with Crippen LogP contribution in [0, 0.1) is 0 Å². The van der Waals surface area contributed by atoms with Gasteiger partial charge in [-0.15, -0.1) is 11.3 Å². The fourth-order valence-corrected chi connectivity index (χ4v) is 7.27. The van der Waals surface area contributed by atoms with Crippen molar-refractivity contribution in [2.45, 2.75) is 0 Å². The lowest BCUT2D eigenvalue weighted by atomic mass is 10.0. The fraction of sp³-hybridized carbons (Fsp3) is 0. The molecular formula is C34H20BrNS. The van der Waals surface area contributed by atoms with Crippen LogP contribution in [0.3, 0.4) is 0 Å². The smallest absolute Gasteiger partial charge is 0.0547 e. The number of para-hydroxylation sites is 1. The molecule has 2 aromatic heterocycles. The maximum atomic E-state index is 3.64. The Kier molecular flexibility index (Phi) is 4.61. The first-order valence-electron chi connectivity index (χ1n) is 12.4. The van der Waals surface area contributed by atoms with Crippen LogP contribution in [-0.4, -0.2) is 4.57 Å². The molecular weight excluding hydrogens is 534 g/mol. The molecule has 1 nitrogen and oxygen atoms in total. The minimum atomic E-state index is 1.09. The van der Waals surface area contributed by atoms with Gasteiger partial charge in [-0.2, -0.15) is 0 Å². The molecule has 3 heteroatoms. The molecule has 2 heterocycles. The zero-order valence-electron chi connectivity index (χ0n) is 19.8. The summed E-state index contributed by atoms with van der Waals surface area (Å²) in [5, 5.41) is 7.84. The van der Waals surface area contributed by atoms with E-state index in [1.165, 1.54) is 69.6 Å². The molecule has 8 rings (SSSR count). The first-order valence-corrected chi connectivity index (χ1v) is 14.0. The summed E-state index contributed by atoms with van der Waals surface area (Å²) in [6, 6.07) is 44.3. The third kappa shape index (κ3) is 3.21. The van der Waals surface area contributed by atoms with E-state index in [1.807, 2.05) is 11.3 Å². The van der Waals surface area contributed by atoms with Gasteiger partial charge in [0.1, 0.15) is 0 Å². The van der Waals surface area contributed by atoms with Crippen molar-refractivity contribution in [2.24, 2.45) is 0 Å². The molecule has 0 N–H and O–H groups in total. The van der Waals surface area contributed by atoms with Gasteiger partial charge in [0.05, 0.1) is 11.0 Å². The van der Waals surface area contributed by atoms with Crippen LogP contribution in [0.1, 0.15) is 0 Å². The molecule has 8 aromatic rings. The Morgan fingerprint density at radius 2 is 1.30 bits per heavy atom. The monoisotopic (exact) mass is 553 g/mol. The third-order valence-electron chi connectivity index (χ3n) is 7.43. The molecule has 0 radical (unpaired) electrons. The van der Waals surface area contributed by atoms with Crippen molar-refractivity contribution < 1.29 is 0 Å². The van der Waals surface area contributed by atoms with Crippen molar-refractivity contribution in [1.82, 2.24) is 4.57 Å². The number of fused-ring (bicyclic) bond motifs is 8. The van der Waals surface area contributed by atoms with Gasteiger partial charge >= 0.3 is 0 Å². The Hall–Kier alpha value is -3.92. The minimum absolute atomic E-state index is 1.09. The molecule has 0 unspecified atom stereocenters. The lowest BCUT2D eigenvalue weighted by Crippen LogP contribution is -1.93. The Morgan fingerprint density at radius 1 is 0.514 bits per heavy atom. The molecule has 0 aliphatic heterocycles. The predicted octanol–water partition coefficient (Wildman–Crippen LogP) is 10.7. The van der Waals surface area contributed by atoms with Gasteiger partial charge in [-0.05, 0) is 70.4 Å². The molecule has 37 heavy (non-hydrogen) atoms. The molecule has 0 aliphatic rings. The normalized spacial score (nSPS) is 11.9. The molecule has 0 bridgehead atoms. The van der Waals surface area contributed by atoms with Crippen molar-refractivity contribution in [3.63, 3.8) is 0 Å². The molecule has 174 valence electrons. The van der Waals surface area contributed by atoms with Gasteiger partial charge in [0.25, 0.3) is 0 Å². The fourth-order valence-electron chi connectivity index (χ4n) is 5.77. The third-order valence-corrected chi connectivity index (χ3v) is 9.06. The summed E-state index contributed by atoms with van der Waals surface area (Å²) in [5.74, 6) is 0. The summed E-state index contributed by atoms with van der Waals surface area (Å²) < 4.78 is 6.18. The lowest BCUT2D eigenvalue weighted by Gasteiger charge is -2.10. The van der Waals surface area contributed by atoms with Crippen molar-refractivity contribution >= 4 is 80.0 Å². The molecule has 0 aliphatic carbocycles. The van der Waals surface area contributed by atoms with Gasteiger partial charge in [-0.25, -0.2) is 0 Å². The molecule has 0 spiro atoms. The van der Waals surface area contributed by atoms with E-state index in [-0.39, 0.29) is 0 Å². The number of hydrogen-bond donors (Lipinski definition) is 0. The second-order valence-corrected chi connectivity index (χ2v) is 11.5. The van der Waals surface area contributed by atoms with E-state index >= 15 is 0 Å². The van der Waals surface area contributed by atoms with Crippen LogP contribution >= 0.6 is 27.3 Å². The molecule has 0 saturated carbocycles. The average Bonchev–Trinajstić information content (AvgIpc) is 3.48. The van der Waals surface area contributed by atoms with Crippen LogP contribution in [0.5, 0.6) is 0 Å². The van der Waals surface area contributed by atoms with Crippen molar-refractivity contribution in [1.29, 1.82) is 0 Å². The molecule has 0 saturated heterocycles. The van der Waals surface area contributed by atoms with E-state index in [4.69, 9.17) is 0 Å². The van der Waals surface area contributed by atoms with Gasteiger partial charge in [-0.3, -0.25) is 0 Å². The van der Waals surface area contributed by atoms with E-state index in [0.717, 1.165) is 4.47 Å². The lowest BCUT2D eigenvalue weighted by molar-refractivity contribution is 1.19. The van der Waals surface area contributed by atoms with Crippen LogP contribution in [-0.2, 0) is 0 Å². The van der Waals surface area contributed by atoms with Gasteiger partial charge in [0.15, 0.2) is 0 Å². The van der Waals surface area contributed by atoms with Crippen LogP contribution < -0.4 is 0 Å². The Morgan fingerprint density at radius 3 is 2.22 bits per heavy atom. The number of nitrogens with zero attached hydrogens (tertiary/aromatic N) is 1. The maximum absolute atomic E-state index is 3.64. The standard InChI is InChI=1S/C34H20BrNS/c35-24-8-5-7-22(18-24)23-12-15-28-27-10-3-4-11-30(27)36(31(28)19-23)25-14-17-32-29(20-25)34-26-9-2-1-6-21(26)13-16-33(34)37-32/h1-20H. The number of benzene rings is 6. The molecule has 0 atom stereocenters. The summed E-state index contributed by atoms with van der Waals surface area (Å²) in [7, 11) is 0. The van der Waals surface area contributed by atoms with Crippen LogP contribution in [0.4, 0.5) is 0 Å². The number of thiophene rings is 1. The Balaban J connectivity index is 1.45. The summed E-state index contributed by atoms with van der Waals surface area (Å²) in [5.41, 5.74) is 6.07. The summed E-state index contributed by atoms with van der Waals surface area (Å²) >= 11 is 5.52.